The lowest BCUT2D eigenvalue weighted by Gasteiger charge is -2.20. The Hall–Kier alpha value is -0.910. The molecule has 1 unspecified atom stereocenters. The number of carboxylic acid groups (broad SMARTS) is 1. The van der Waals surface area contributed by atoms with E-state index in [1.807, 2.05) is 6.92 Å². The van der Waals surface area contributed by atoms with E-state index in [0.29, 0.717) is 18.3 Å². The average Bonchev–Trinajstić information content (AvgIpc) is 3.16. The summed E-state index contributed by atoms with van der Waals surface area (Å²) in [6.45, 7) is 2.60. The number of carboxylic acids is 1. The summed E-state index contributed by atoms with van der Waals surface area (Å²) in [4.78, 5) is 24.5. The third kappa shape index (κ3) is 4.03. The number of hydrogen-bond acceptors (Lipinski definition) is 3. The number of rotatable bonds is 8. The summed E-state index contributed by atoms with van der Waals surface area (Å²) in [5.41, 5.74) is -0.298. The Balaban J connectivity index is 1.80. The van der Waals surface area contributed by atoms with Crippen LogP contribution in [0.25, 0.3) is 0 Å². The molecule has 2 aliphatic carbocycles. The summed E-state index contributed by atoms with van der Waals surface area (Å²) in [6, 6.07) is 0.350. The zero-order valence-corrected chi connectivity index (χ0v) is 12.1. The van der Waals surface area contributed by atoms with Crippen molar-refractivity contribution in [3.63, 3.8) is 0 Å². The largest absolute Gasteiger partial charge is 0.481 e. The molecule has 0 aromatic rings. The first kappa shape index (κ1) is 14.5. The van der Waals surface area contributed by atoms with Gasteiger partial charge in [-0.3, -0.25) is 13.8 Å². The SMILES string of the molecule is CCN(C(=O)CS(=O)CC1(CC(=O)O)CC1)C1CC1. The van der Waals surface area contributed by atoms with Gasteiger partial charge in [-0.25, -0.2) is 0 Å². The van der Waals surface area contributed by atoms with E-state index < -0.39 is 16.8 Å². The van der Waals surface area contributed by atoms with Gasteiger partial charge >= 0.3 is 5.97 Å². The Bertz CT molecular complexity index is 401. The molecule has 1 N–H and O–H groups in total. The first-order valence-electron chi connectivity index (χ1n) is 6.82. The fourth-order valence-electron chi connectivity index (χ4n) is 2.51. The number of carbonyl (C=O) groups excluding carboxylic acids is 1. The molecular formula is C13H21NO4S. The minimum absolute atomic E-state index is 0.0468. The van der Waals surface area contributed by atoms with Gasteiger partial charge in [-0.15, -0.1) is 0 Å². The van der Waals surface area contributed by atoms with E-state index in [9.17, 15) is 13.8 Å². The van der Waals surface area contributed by atoms with Gasteiger partial charge in [0.25, 0.3) is 0 Å². The monoisotopic (exact) mass is 287 g/mol. The highest BCUT2D eigenvalue weighted by Gasteiger charge is 2.46. The van der Waals surface area contributed by atoms with Crippen molar-refractivity contribution in [3.8, 4) is 0 Å². The molecule has 108 valence electrons. The molecule has 0 saturated heterocycles. The van der Waals surface area contributed by atoms with Crippen LogP contribution in [0.2, 0.25) is 0 Å². The Labute approximate surface area is 115 Å². The molecule has 5 nitrogen and oxygen atoms in total. The van der Waals surface area contributed by atoms with Gasteiger partial charge in [0.1, 0.15) is 5.75 Å². The molecule has 0 bridgehead atoms. The van der Waals surface area contributed by atoms with Crippen molar-refractivity contribution in [2.45, 2.75) is 45.1 Å². The van der Waals surface area contributed by atoms with Crippen molar-refractivity contribution in [1.29, 1.82) is 0 Å². The topological polar surface area (TPSA) is 74.7 Å². The maximum atomic E-state index is 12.0. The van der Waals surface area contributed by atoms with Crippen LogP contribution in [0.3, 0.4) is 0 Å². The summed E-state index contributed by atoms with van der Waals surface area (Å²) in [5, 5.41) is 8.82. The molecule has 0 heterocycles. The van der Waals surface area contributed by atoms with Gasteiger partial charge < -0.3 is 10.0 Å². The molecule has 0 aliphatic heterocycles. The smallest absolute Gasteiger partial charge is 0.303 e. The average molecular weight is 287 g/mol. The molecule has 0 aromatic heterocycles. The third-order valence-corrected chi connectivity index (χ3v) is 5.39. The van der Waals surface area contributed by atoms with Crippen molar-refractivity contribution >= 4 is 22.7 Å². The Kier molecular flexibility index (Phi) is 4.28. The molecule has 2 saturated carbocycles. The first-order valence-corrected chi connectivity index (χ1v) is 8.31. The van der Waals surface area contributed by atoms with Crippen LogP contribution in [0.1, 0.15) is 39.0 Å². The Morgan fingerprint density at radius 3 is 2.42 bits per heavy atom. The molecular weight excluding hydrogens is 266 g/mol. The maximum absolute atomic E-state index is 12.0. The van der Waals surface area contributed by atoms with Gasteiger partial charge in [-0.05, 0) is 38.0 Å². The summed E-state index contributed by atoms with van der Waals surface area (Å²) >= 11 is 0. The number of hydrogen-bond donors (Lipinski definition) is 1. The number of aliphatic carboxylic acids is 1. The lowest BCUT2D eigenvalue weighted by Crippen LogP contribution is -2.37. The molecule has 0 spiro atoms. The van der Waals surface area contributed by atoms with Gasteiger partial charge in [-0.1, -0.05) is 0 Å². The fourth-order valence-corrected chi connectivity index (χ4v) is 4.12. The third-order valence-electron chi connectivity index (χ3n) is 3.88. The van der Waals surface area contributed by atoms with Gasteiger partial charge in [0, 0.05) is 29.1 Å². The van der Waals surface area contributed by atoms with Crippen LogP contribution in [-0.2, 0) is 20.4 Å². The normalized spacial score (nSPS) is 21.7. The molecule has 2 rings (SSSR count). The lowest BCUT2D eigenvalue weighted by atomic mass is 10.1. The number of nitrogens with zero attached hydrogens (tertiary/aromatic N) is 1. The quantitative estimate of drug-likeness (QED) is 0.722. The van der Waals surface area contributed by atoms with Crippen LogP contribution in [-0.4, -0.2) is 50.2 Å². The summed E-state index contributed by atoms with van der Waals surface area (Å²) in [5.74, 6) is -0.484. The molecule has 0 radical (unpaired) electrons. The Morgan fingerprint density at radius 2 is 2.00 bits per heavy atom. The van der Waals surface area contributed by atoms with Crippen LogP contribution in [0.15, 0.2) is 0 Å². The molecule has 1 amide bonds. The van der Waals surface area contributed by atoms with Gasteiger partial charge in [0.2, 0.25) is 5.91 Å². The molecule has 1 atom stereocenters. The van der Waals surface area contributed by atoms with Gasteiger partial charge in [-0.2, -0.15) is 0 Å². The van der Waals surface area contributed by atoms with Crippen molar-refractivity contribution in [2.24, 2.45) is 5.41 Å². The molecule has 6 heteroatoms. The highest BCUT2D eigenvalue weighted by molar-refractivity contribution is 7.85. The highest BCUT2D eigenvalue weighted by atomic mass is 32.2. The minimum Gasteiger partial charge on any atom is -0.481 e. The first-order chi connectivity index (χ1) is 8.96. The molecule has 0 aromatic carbocycles. The van der Waals surface area contributed by atoms with E-state index in [0.717, 1.165) is 25.7 Å². The standard InChI is InChI=1S/C13H21NO4S/c1-2-14(10-3-4-10)11(15)8-19(18)9-13(5-6-13)7-12(16)17/h10H,2-9H2,1H3,(H,16,17). The zero-order valence-electron chi connectivity index (χ0n) is 11.3. The van der Waals surface area contributed by atoms with Gasteiger partial charge in [0.15, 0.2) is 0 Å². The van der Waals surface area contributed by atoms with E-state index >= 15 is 0 Å². The van der Waals surface area contributed by atoms with Crippen LogP contribution in [0.4, 0.5) is 0 Å². The van der Waals surface area contributed by atoms with E-state index in [4.69, 9.17) is 5.11 Å². The summed E-state index contributed by atoms with van der Waals surface area (Å²) < 4.78 is 12.0. The van der Waals surface area contributed by atoms with Crippen LogP contribution >= 0.6 is 0 Å². The lowest BCUT2D eigenvalue weighted by molar-refractivity contribution is -0.138. The van der Waals surface area contributed by atoms with E-state index in [1.165, 1.54) is 0 Å². The summed E-state index contributed by atoms with van der Waals surface area (Å²) in [7, 11) is -1.24. The van der Waals surface area contributed by atoms with E-state index in [1.54, 1.807) is 4.90 Å². The fraction of sp³-hybridized carbons (Fsp3) is 0.846. The van der Waals surface area contributed by atoms with Crippen molar-refractivity contribution in [2.75, 3.05) is 18.1 Å². The van der Waals surface area contributed by atoms with Crippen LogP contribution < -0.4 is 0 Å². The second-order valence-corrected chi connectivity index (χ2v) is 7.17. The van der Waals surface area contributed by atoms with Gasteiger partial charge in [0.05, 0.1) is 6.42 Å². The predicted molar refractivity (Wildman–Crippen MR) is 72.2 cm³/mol. The number of amides is 1. The molecule has 19 heavy (non-hydrogen) atoms. The van der Waals surface area contributed by atoms with Crippen LogP contribution in [0.5, 0.6) is 0 Å². The van der Waals surface area contributed by atoms with E-state index in [-0.39, 0.29) is 23.5 Å². The van der Waals surface area contributed by atoms with Crippen LogP contribution in [0, 0.1) is 5.41 Å². The summed E-state index contributed by atoms with van der Waals surface area (Å²) in [6.07, 6.45) is 3.82. The number of carbonyl (C=O) groups is 2. The van der Waals surface area contributed by atoms with Crippen molar-refractivity contribution in [3.05, 3.63) is 0 Å². The predicted octanol–water partition coefficient (Wildman–Crippen LogP) is 1.00. The second kappa shape index (κ2) is 5.61. The maximum Gasteiger partial charge on any atom is 0.303 e. The van der Waals surface area contributed by atoms with Crippen molar-refractivity contribution in [1.82, 2.24) is 4.90 Å². The highest BCUT2D eigenvalue weighted by Crippen LogP contribution is 2.49. The minimum atomic E-state index is -1.24. The van der Waals surface area contributed by atoms with E-state index in [2.05, 4.69) is 0 Å². The second-order valence-electron chi connectivity index (χ2n) is 5.71. The molecule has 2 fully saturated rings. The molecule has 2 aliphatic rings. The zero-order chi connectivity index (χ0) is 14.0. The van der Waals surface area contributed by atoms with Crippen molar-refractivity contribution < 1.29 is 18.9 Å². The Morgan fingerprint density at radius 1 is 1.37 bits per heavy atom.